The maximum Gasteiger partial charge on any atom is 0.200 e. The van der Waals surface area contributed by atoms with Crippen LogP contribution in [0.5, 0.6) is 11.5 Å². The number of carbonyl (C=O) groups is 1. The molecule has 0 heterocycles. The van der Waals surface area contributed by atoms with Crippen LogP contribution in [0.4, 0.5) is 0 Å². The fraction of sp³-hybridized carbons (Fsp3) is 0.435. The molecule has 0 spiro atoms. The molecular formula is C23H30O7. The number of methoxy groups -OCH3 is 2. The molecule has 0 aromatic heterocycles. The van der Waals surface area contributed by atoms with Gasteiger partial charge in [0, 0.05) is 14.2 Å². The number of hydrogen-bond donors (Lipinski definition) is 0. The second-order valence-electron chi connectivity index (χ2n) is 6.23. The highest BCUT2D eigenvalue weighted by molar-refractivity contribution is 6.12. The first kappa shape index (κ1) is 23.8. The van der Waals surface area contributed by atoms with Gasteiger partial charge in [0.1, 0.15) is 24.7 Å². The predicted octanol–water partition coefficient (Wildman–Crippen LogP) is 3.00. The van der Waals surface area contributed by atoms with E-state index in [1.165, 1.54) is 0 Å². The predicted molar refractivity (Wildman–Crippen MR) is 113 cm³/mol. The van der Waals surface area contributed by atoms with E-state index in [9.17, 15) is 4.79 Å². The van der Waals surface area contributed by atoms with Gasteiger partial charge in [0.2, 0.25) is 0 Å². The molecule has 30 heavy (non-hydrogen) atoms. The first-order chi connectivity index (χ1) is 14.8. The Morgan fingerprint density at radius 2 is 1.00 bits per heavy atom. The number of rotatable bonds is 16. The van der Waals surface area contributed by atoms with E-state index < -0.39 is 0 Å². The number of ketones is 1. The molecule has 7 heteroatoms. The maximum atomic E-state index is 13.2. The summed E-state index contributed by atoms with van der Waals surface area (Å²) in [5.74, 6) is 0.855. The van der Waals surface area contributed by atoms with Crippen LogP contribution in [0.2, 0.25) is 0 Å². The average molecular weight is 418 g/mol. The van der Waals surface area contributed by atoms with E-state index in [4.69, 9.17) is 28.4 Å². The van der Waals surface area contributed by atoms with E-state index in [-0.39, 0.29) is 5.78 Å². The lowest BCUT2D eigenvalue weighted by atomic mass is 10.0. The van der Waals surface area contributed by atoms with Crippen LogP contribution in [0.3, 0.4) is 0 Å². The van der Waals surface area contributed by atoms with E-state index in [0.717, 1.165) is 0 Å². The Kier molecular flexibility index (Phi) is 11.5. The summed E-state index contributed by atoms with van der Waals surface area (Å²) >= 11 is 0. The van der Waals surface area contributed by atoms with Gasteiger partial charge in [-0.25, -0.2) is 0 Å². The molecule has 0 unspecified atom stereocenters. The molecule has 0 aliphatic rings. The zero-order valence-electron chi connectivity index (χ0n) is 17.6. The summed E-state index contributed by atoms with van der Waals surface area (Å²) in [6.07, 6.45) is 0. The second-order valence-corrected chi connectivity index (χ2v) is 6.23. The molecule has 164 valence electrons. The molecule has 2 rings (SSSR count). The van der Waals surface area contributed by atoms with Gasteiger partial charge in [0.05, 0.1) is 50.8 Å². The minimum atomic E-state index is -0.165. The smallest absolute Gasteiger partial charge is 0.200 e. The molecule has 7 nitrogen and oxygen atoms in total. The van der Waals surface area contributed by atoms with Crippen LogP contribution in [0.15, 0.2) is 48.5 Å². The summed E-state index contributed by atoms with van der Waals surface area (Å²) in [6, 6.07) is 14.3. The lowest BCUT2D eigenvalue weighted by Crippen LogP contribution is -2.14. The van der Waals surface area contributed by atoms with Crippen molar-refractivity contribution in [3.8, 4) is 11.5 Å². The van der Waals surface area contributed by atoms with Crippen LogP contribution in [0.25, 0.3) is 0 Å². The normalized spacial score (nSPS) is 10.7. The summed E-state index contributed by atoms with van der Waals surface area (Å²) < 4.78 is 32.2. The molecular weight excluding hydrogens is 388 g/mol. The van der Waals surface area contributed by atoms with Gasteiger partial charge >= 0.3 is 0 Å². The Labute approximate surface area is 177 Å². The summed E-state index contributed by atoms with van der Waals surface area (Å²) in [6.45, 7) is 3.56. The van der Waals surface area contributed by atoms with Crippen molar-refractivity contribution in [1.82, 2.24) is 0 Å². The molecule has 0 aliphatic heterocycles. The minimum absolute atomic E-state index is 0.165. The molecule has 2 aromatic carbocycles. The number of hydrogen-bond acceptors (Lipinski definition) is 7. The lowest BCUT2D eigenvalue weighted by Gasteiger charge is -2.14. The highest BCUT2D eigenvalue weighted by Gasteiger charge is 2.18. The van der Waals surface area contributed by atoms with Gasteiger partial charge in [-0.1, -0.05) is 24.3 Å². The summed E-state index contributed by atoms with van der Waals surface area (Å²) in [7, 11) is 3.25. The van der Waals surface area contributed by atoms with Gasteiger partial charge in [-0.2, -0.15) is 0 Å². The van der Waals surface area contributed by atoms with E-state index in [1.54, 1.807) is 38.5 Å². The Morgan fingerprint density at radius 3 is 1.43 bits per heavy atom. The molecule has 0 bridgehead atoms. The second kappa shape index (κ2) is 14.5. The fourth-order valence-corrected chi connectivity index (χ4v) is 2.62. The third kappa shape index (κ3) is 8.12. The van der Waals surface area contributed by atoms with Crippen LogP contribution in [0, 0.1) is 0 Å². The van der Waals surface area contributed by atoms with Crippen LogP contribution >= 0.6 is 0 Å². The monoisotopic (exact) mass is 418 g/mol. The SMILES string of the molecule is COCCOCCOc1ccccc1C(=O)c1ccccc1OCCOCCOC. The number of ether oxygens (including phenoxy) is 6. The zero-order valence-corrected chi connectivity index (χ0v) is 17.6. The van der Waals surface area contributed by atoms with Crippen molar-refractivity contribution in [1.29, 1.82) is 0 Å². The van der Waals surface area contributed by atoms with E-state index in [1.807, 2.05) is 24.3 Å². The lowest BCUT2D eigenvalue weighted by molar-refractivity contribution is 0.0539. The van der Waals surface area contributed by atoms with Gasteiger partial charge in [-0.3, -0.25) is 4.79 Å². The molecule has 0 radical (unpaired) electrons. The van der Waals surface area contributed by atoms with Crippen molar-refractivity contribution in [3.63, 3.8) is 0 Å². The number of carbonyl (C=O) groups excluding carboxylic acids is 1. The van der Waals surface area contributed by atoms with Crippen molar-refractivity contribution in [2.75, 3.05) is 67.1 Å². The van der Waals surface area contributed by atoms with Crippen molar-refractivity contribution in [3.05, 3.63) is 59.7 Å². The summed E-state index contributed by atoms with van der Waals surface area (Å²) in [5.41, 5.74) is 0.948. The molecule has 2 aromatic rings. The van der Waals surface area contributed by atoms with Gasteiger partial charge in [-0.15, -0.1) is 0 Å². The maximum absolute atomic E-state index is 13.2. The fourth-order valence-electron chi connectivity index (χ4n) is 2.62. The van der Waals surface area contributed by atoms with Crippen LogP contribution in [-0.2, 0) is 18.9 Å². The average Bonchev–Trinajstić information content (AvgIpc) is 2.78. The summed E-state index contributed by atoms with van der Waals surface area (Å²) in [4.78, 5) is 13.2. The van der Waals surface area contributed by atoms with Gasteiger partial charge in [-0.05, 0) is 24.3 Å². The van der Waals surface area contributed by atoms with Gasteiger partial charge < -0.3 is 28.4 Å². The largest absolute Gasteiger partial charge is 0.490 e. The highest BCUT2D eigenvalue weighted by Crippen LogP contribution is 2.26. The first-order valence-electron chi connectivity index (χ1n) is 9.89. The topological polar surface area (TPSA) is 72.5 Å². The highest BCUT2D eigenvalue weighted by atomic mass is 16.5. The van der Waals surface area contributed by atoms with Crippen molar-refractivity contribution >= 4 is 5.78 Å². The van der Waals surface area contributed by atoms with E-state index in [0.29, 0.717) is 75.5 Å². The standard InChI is InChI=1S/C23H30O7/c1-25-11-13-27-15-17-29-21-9-5-3-7-19(21)23(24)20-8-4-6-10-22(20)30-18-16-28-14-12-26-2/h3-10H,11-18H2,1-2H3. The van der Waals surface area contributed by atoms with Crippen molar-refractivity contribution in [2.45, 2.75) is 0 Å². The molecule has 0 saturated carbocycles. The molecule has 0 fully saturated rings. The third-order valence-electron chi connectivity index (χ3n) is 4.10. The molecule has 0 aliphatic carbocycles. The van der Waals surface area contributed by atoms with E-state index in [2.05, 4.69) is 0 Å². The Morgan fingerprint density at radius 1 is 0.600 bits per heavy atom. The first-order valence-corrected chi connectivity index (χ1v) is 9.89. The van der Waals surface area contributed by atoms with Crippen molar-refractivity contribution < 1.29 is 33.2 Å². The Bertz CT molecular complexity index is 686. The van der Waals surface area contributed by atoms with E-state index >= 15 is 0 Å². The molecule has 0 atom stereocenters. The molecule has 0 N–H and O–H groups in total. The Balaban J connectivity index is 1.97. The minimum Gasteiger partial charge on any atom is -0.490 e. The van der Waals surface area contributed by atoms with Gasteiger partial charge in [0.15, 0.2) is 5.78 Å². The number of benzene rings is 2. The third-order valence-corrected chi connectivity index (χ3v) is 4.10. The summed E-state index contributed by atoms with van der Waals surface area (Å²) in [5, 5.41) is 0. The Hall–Kier alpha value is -2.45. The molecule has 0 amide bonds. The van der Waals surface area contributed by atoms with Crippen LogP contribution < -0.4 is 9.47 Å². The zero-order chi connectivity index (χ0) is 21.4. The van der Waals surface area contributed by atoms with Crippen LogP contribution in [-0.4, -0.2) is 72.9 Å². The van der Waals surface area contributed by atoms with Gasteiger partial charge in [0.25, 0.3) is 0 Å². The van der Waals surface area contributed by atoms with Crippen molar-refractivity contribution in [2.24, 2.45) is 0 Å². The number of para-hydroxylation sites is 2. The quantitative estimate of drug-likeness (QED) is 0.306. The van der Waals surface area contributed by atoms with Crippen LogP contribution in [0.1, 0.15) is 15.9 Å². The molecule has 0 saturated heterocycles.